The van der Waals surface area contributed by atoms with E-state index in [9.17, 15) is 27.6 Å². The molecule has 3 saturated carbocycles. The predicted octanol–water partition coefficient (Wildman–Crippen LogP) is 4.25. The van der Waals surface area contributed by atoms with E-state index in [0.29, 0.717) is 12.8 Å². The van der Waals surface area contributed by atoms with Crippen molar-refractivity contribution in [3.8, 4) is 10.6 Å². The topological polar surface area (TPSA) is 164 Å². The summed E-state index contributed by atoms with van der Waals surface area (Å²) < 4.78 is 33.1. The van der Waals surface area contributed by atoms with E-state index in [1.807, 2.05) is 56.5 Å². The van der Waals surface area contributed by atoms with Gasteiger partial charge in [0.15, 0.2) is 0 Å². The summed E-state index contributed by atoms with van der Waals surface area (Å²) >= 11 is 1.47. The molecule has 1 aromatic carbocycles. The second-order valence-corrected chi connectivity index (χ2v) is 17.6. The molecule has 1 unspecified atom stereocenters. The molecule has 0 spiro atoms. The summed E-state index contributed by atoms with van der Waals surface area (Å²) in [6.07, 6.45) is 5.53. The highest BCUT2D eigenvalue weighted by molar-refractivity contribution is 7.91. The normalized spacial score (nSPS) is 26.1. The molecule has 49 heavy (non-hydrogen) atoms. The maximum atomic E-state index is 14.5. The van der Waals surface area contributed by atoms with Gasteiger partial charge in [0, 0.05) is 29.3 Å². The molecule has 0 radical (unpaired) electrons. The van der Waals surface area contributed by atoms with Crippen molar-refractivity contribution in [3.63, 3.8) is 0 Å². The number of likely N-dealkylation sites (tertiary alicyclic amines) is 1. The predicted molar refractivity (Wildman–Crippen MR) is 185 cm³/mol. The molecule has 1 aliphatic heterocycles. The van der Waals surface area contributed by atoms with Gasteiger partial charge in [0.2, 0.25) is 21.8 Å². The van der Waals surface area contributed by atoms with Gasteiger partial charge in [-0.1, -0.05) is 57.2 Å². The van der Waals surface area contributed by atoms with Gasteiger partial charge < -0.3 is 20.3 Å². The van der Waals surface area contributed by atoms with Crippen molar-refractivity contribution < 1.29 is 32.3 Å². The van der Waals surface area contributed by atoms with Crippen molar-refractivity contribution in [2.45, 2.75) is 107 Å². The third-order valence-electron chi connectivity index (χ3n) is 10.0. The minimum atomic E-state index is -3.86. The van der Waals surface area contributed by atoms with Crippen LogP contribution in [0.1, 0.15) is 83.7 Å². The van der Waals surface area contributed by atoms with E-state index in [4.69, 9.17) is 9.72 Å². The fourth-order valence-corrected chi connectivity index (χ4v) is 9.14. The number of hydrogen-bond acceptors (Lipinski definition) is 9. The molecule has 1 saturated heterocycles. The Morgan fingerprint density at radius 3 is 2.41 bits per heavy atom. The zero-order chi connectivity index (χ0) is 35.1. The monoisotopic (exact) mass is 711 g/mol. The van der Waals surface area contributed by atoms with Crippen molar-refractivity contribution in [2.24, 2.45) is 11.3 Å². The number of amides is 4. The fourth-order valence-electron chi connectivity index (χ4n) is 6.87. The van der Waals surface area contributed by atoms with Gasteiger partial charge in [0.1, 0.15) is 28.7 Å². The molecule has 4 amide bonds. The first-order valence-electron chi connectivity index (χ1n) is 17.0. The number of ether oxygens (including phenoxy) is 1. The van der Waals surface area contributed by atoms with E-state index in [1.165, 1.54) is 22.3 Å². The van der Waals surface area contributed by atoms with Crippen LogP contribution in [0.5, 0.6) is 0 Å². The Balaban J connectivity index is 1.26. The van der Waals surface area contributed by atoms with Gasteiger partial charge in [-0.3, -0.25) is 19.1 Å². The Morgan fingerprint density at radius 2 is 1.80 bits per heavy atom. The number of carbonyl (C=O) groups is 4. The lowest BCUT2D eigenvalue weighted by Gasteiger charge is -2.35. The van der Waals surface area contributed by atoms with Crippen LogP contribution in [-0.2, 0) is 29.1 Å². The van der Waals surface area contributed by atoms with Gasteiger partial charge in [-0.25, -0.2) is 18.2 Å². The van der Waals surface area contributed by atoms with Crippen LogP contribution in [0.15, 0.2) is 48.4 Å². The summed E-state index contributed by atoms with van der Waals surface area (Å²) in [7, 11) is -3.86. The Morgan fingerprint density at radius 1 is 1.10 bits per heavy atom. The quantitative estimate of drug-likeness (QED) is 0.292. The van der Waals surface area contributed by atoms with Crippen molar-refractivity contribution in [2.75, 3.05) is 6.54 Å². The van der Waals surface area contributed by atoms with Crippen molar-refractivity contribution in [1.82, 2.24) is 25.2 Å². The van der Waals surface area contributed by atoms with E-state index in [2.05, 4.69) is 21.9 Å². The molecular formula is C35H45N5O7S2. The first-order chi connectivity index (χ1) is 23.2. The van der Waals surface area contributed by atoms with Crippen LogP contribution in [0.2, 0.25) is 0 Å². The maximum absolute atomic E-state index is 14.5. The number of alkyl carbamates (subject to hydrolysis) is 1. The summed E-state index contributed by atoms with van der Waals surface area (Å²) in [5.74, 6) is -2.63. The van der Waals surface area contributed by atoms with Gasteiger partial charge >= 0.3 is 6.09 Å². The van der Waals surface area contributed by atoms with Crippen LogP contribution in [0.25, 0.3) is 10.6 Å². The molecule has 3 aliphatic carbocycles. The zero-order valence-electron chi connectivity index (χ0n) is 28.1. The molecule has 2 aromatic rings. The molecular weight excluding hydrogens is 667 g/mol. The molecule has 0 bridgehead atoms. The number of nitrogens with zero attached hydrogens (tertiary/aromatic N) is 2. The van der Waals surface area contributed by atoms with E-state index in [-0.39, 0.29) is 31.4 Å². The van der Waals surface area contributed by atoms with Gasteiger partial charge in [0.05, 0.1) is 10.9 Å². The number of hydrogen-bond donors (Lipinski definition) is 3. The van der Waals surface area contributed by atoms with Crippen LogP contribution < -0.4 is 15.4 Å². The van der Waals surface area contributed by atoms with Crippen LogP contribution in [0.4, 0.5) is 4.79 Å². The Kier molecular flexibility index (Phi) is 9.66. The fraction of sp³-hybridized carbons (Fsp3) is 0.571. The van der Waals surface area contributed by atoms with Gasteiger partial charge in [-0.15, -0.1) is 17.9 Å². The van der Waals surface area contributed by atoms with E-state index < -0.39 is 68.0 Å². The molecule has 2 heterocycles. The third-order valence-corrected chi connectivity index (χ3v) is 12.8. The third kappa shape index (κ3) is 7.54. The average molecular weight is 712 g/mol. The average Bonchev–Trinajstić information content (AvgIpc) is 3.82. The summed E-state index contributed by atoms with van der Waals surface area (Å²) in [5.41, 5.74) is -0.554. The first kappa shape index (κ1) is 35.1. The zero-order valence-corrected chi connectivity index (χ0v) is 29.8. The lowest BCUT2D eigenvalue weighted by molar-refractivity contribution is -0.142. The molecule has 3 N–H and O–H groups in total. The Bertz CT molecular complexity index is 1710. The highest BCUT2D eigenvalue weighted by Gasteiger charge is 2.62. The molecule has 264 valence electrons. The summed E-state index contributed by atoms with van der Waals surface area (Å²) in [6, 6.07) is 7.68. The Hall–Kier alpha value is -3.78. The number of aromatic nitrogens is 1. The number of rotatable bonds is 11. The molecule has 12 nitrogen and oxygen atoms in total. The van der Waals surface area contributed by atoms with E-state index >= 15 is 0 Å². The second-order valence-electron chi connectivity index (χ2n) is 14.8. The standard InChI is InChI=1S/C35H45N5O7S2/c1-5-23-18-35(23,32(43)39-49(45,46)25-15-16-25)38-29(41)27-17-22(26-20-48-30(36-26)21-11-7-6-8-12-21)19-40(27)31(42)28(34(2,3)4)37-33(44)47-24-13-9-10-14-24/h5-8,11-12,20,22-25,27-28H,1,9-10,13-19H2,2-4H3,(H,37,44)(H,38,41)(H,39,43)/t22-,23-,27+,28?,35-/m1/s1. The second kappa shape index (κ2) is 13.5. The summed E-state index contributed by atoms with van der Waals surface area (Å²) in [6.45, 7) is 9.43. The Labute approximate surface area is 291 Å². The number of nitrogens with one attached hydrogen (secondary N) is 3. The van der Waals surface area contributed by atoms with Crippen LogP contribution >= 0.6 is 11.3 Å². The first-order valence-corrected chi connectivity index (χ1v) is 19.4. The highest BCUT2D eigenvalue weighted by Crippen LogP contribution is 2.46. The molecule has 4 aliphatic rings. The van der Waals surface area contributed by atoms with Gasteiger partial charge in [-0.2, -0.15) is 0 Å². The number of benzene rings is 1. The SMILES string of the molecule is C=C[C@@H]1C[C@]1(NC(=O)[C@@H]1C[C@@H](c2csc(-c3ccccc3)n2)CN1C(=O)C(NC(=O)OC1CCCC1)C(C)(C)C)C(=O)NS(=O)(=O)C1CC1. The number of thiazole rings is 1. The highest BCUT2D eigenvalue weighted by atomic mass is 32.2. The van der Waals surface area contributed by atoms with Crippen LogP contribution in [-0.4, -0.2) is 77.6 Å². The molecule has 14 heteroatoms. The molecule has 6 rings (SSSR count). The summed E-state index contributed by atoms with van der Waals surface area (Å²) in [4.78, 5) is 61.5. The molecule has 5 atom stereocenters. The van der Waals surface area contributed by atoms with E-state index in [1.54, 1.807) is 0 Å². The largest absolute Gasteiger partial charge is 0.446 e. The van der Waals surface area contributed by atoms with Crippen LogP contribution in [0.3, 0.4) is 0 Å². The minimum Gasteiger partial charge on any atom is -0.446 e. The maximum Gasteiger partial charge on any atom is 0.408 e. The van der Waals surface area contributed by atoms with Crippen molar-refractivity contribution >= 4 is 45.2 Å². The van der Waals surface area contributed by atoms with Crippen LogP contribution in [0, 0.1) is 11.3 Å². The number of sulfonamides is 1. The van der Waals surface area contributed by atoms with Crippen molar-refractivity contribution in [3.05, 3.63) is 54.1 Å². The molecule has 1 aromatic heterocycles. The summed E-state index contributed by atoms with van der Waals surface area (Å²) in [5, 5.41) is 7.76. The lowest BCUT2D eigenvalue weighted by atomic mass is 9.85. The lowest BCUT2D eigenvalue weighted by Crippen LogP contribution is -2.60. The van der Waals surface area contributed by atoms with Crippen molar-refractivity contribution in [1.29, 1.82) is 0 Å². The van der Waals surface area contributed by atoms with Gasteiger partial charge in [0.25, 0.3) is 5.91 Å². The van der Waals surface area contributed by atoms with E-state index in [0.717, 1.165) is 41.9 Å². The smallest absolute Gasteiger partial charge is 0.408 e. The van der Waals surface area contributed by atoms with Gasteiger partial charge in [-0.05, 0) is 56.8 Å². The molecule has 4 fully saturated rings. The number of carbonyl (C=O) groups excluding carboxylic acids is 4. The minimum absolute atomic E-state index is 0.154.